The number of benzene rings is 1. The molecule has 0 aliphatic carbocycles. The fourth-order valence-corrected chi connectivity index (χ4v) is 5.10. The Bertz CT molecular complexity index is 1000. The molecular formula is C20H24N4O5S2. The van der Waals surface area contributed by atoms with Gasteiger partial charge in [0.05, 0.1) is 17.9 Å². The normalized spacial score (nSPS) is 14.6. The summed E-state index contributed by atoms with van der Waals surface area (Å²) in [4.78, 5) is 28.2. The van der Waals surface area contributed by atoms with Crippen molar-refractivity contribution < 1.29 is 22.7 Å². The summed E-state index contributed by atoms with van der Waals surface area (Å²) in [5, 5.41) is 5.28. The monoisotopic (exact) mass is 464 g/mol. The Kier molecular flexibility index (Phi) is 7.88. The van der Waals surface area contributed by atoms with Crippen LogP contribution in [0.2, 0.25) is 0 Å². The zero-order valence-electron chi connectivity index (χ0n) is 17.0. The molecule has 1 saturated heterocycles. The van der Waals surface area contributed by atoms with Crippen molar-refractivity contribution in [3.8, 4) is 5.75 Å². The third-order valence-corrected chi connectivity index (χ3v) is 7.44. The average Bonchev–Trinajstić information content (AvgIpc) is 2.79. The smallest absolute Gasteiger partial charge is 0.325 e. The van der Waals surface area contributed by atoms with Gasteiger partial charge >= 0.3 is 6.03 Å². The lowest BCUT2D eigenvalue weighted by Gasteiger charge is -2.25. The molecule has 31 heavy (non-hydrogen) atoms. The van der Waals surface area contributed by atoms with Crippen molar-refractivity contribution in [3.05, 3.63) is 42.6 Å². The summed E-state index contributed by atoms with van der Waals surface area (Å²) in [5.74, 6) is 0.116. The fraction of sp³-hybridized carbons (Fsp3) is 0.350. The van der Waals surface area contributed by atoms with Gasteiger partial charge in [-0.25, -0.2) is 18.2 Å². The molecule has 166 valence electrons. The summed E-state index contributed by atoms with van der Waals surface area (Å²) in [5.41, 5.74) is 0.519. The van der Waals surface area contributed by atoms with Crippen LogP contribution in [0.4, 0.5) is 10.5 Å². The van der Waals surface area contributed by atoms with Gasteiger partial charge in [0.25, 0.3) is 0 Å². The Morgan fingerprint density at radius 1 is 1.10 bits per heavy atom. The zero-order valence-corrected chi connectivity index (χ0v) is 18.7. The number of imide groups is 1. The standard InChI is InChI=1S/C20H24N4O5S2/c1-29-16-7-5-15(6-8-16)22-20(26)23-18(25)14-30-19-10-9-17(13-21-19)31(27,28)24-11-3-2-4-12-24/h5-10,13H,2-4,11-12,14H2,1H3,(H2,22,23,25,26). The molecular weight excluding hydrogens is 440 g/mol. The molecule has 2 aromatic rings. The van der Waals surface area contributed by atoms with Crippen LogP contribution in [0.25, 0.3) is 0 Å². The van der Waals surface area contributed by atoms with E-state index in [9.17, 15) is 18.0 Å². The average molecular weight is 465 g/mol. The number of thioether (sulfide) groups is 1. The number of carbonyl (C=O) groups is 2. The molecule has 1 aliphatic heterocycles. The highest BCUT2D eigenvalue weighted by Crippen LogP contribution is 2.22. The van der Waals surface area contributed by atoms with Crippen LogP contribution in [0.15, 0.2) is 52.5 Å². The van der Waals surface area contributed by atoms with Gasteiger partial charge in [0.1, 0.15) is 10.6 Å². The van der Waals surface area contributed by atoms with Gasteiger partial charge in [0.15, 0.2) is 0 Å². The number of ether oxygens (including phenoxy) is 1. The molecule has 0 atom stereocenters. The predicted molar refractivity (Wildman–Crippen MR) is 118 cm³/mol. The molecule has 11 heteroatoms. The number of nitrogens with zero attached hydrogens (tertiary/aromatic N) is 2. The van der Waals surface area contributed by atoms with Crippen LogP contribution in [-0.2, 0) is 14.8 Å². The molecule has 1 aliphatic rings. The number of methoxy groups -OCH3 is 1. The van der Waals surface area contributed by atoms with Crippen molar-refractivity contribution in [2.75, 3.05) is 31.3 Å². The first-order valence-electron chi connectivity index (χ1n) is 9.72. The number of piperidine rings is 1. The molecule has 1 aromatic carbocycles. The molecule has 1 fully saturated rings. The highest BCUT2D eigenvalue weighted by Gasteiger charge is 2.26. The van der Waals surface area contributed by atoms with Crippen LogP contribution >= 0.6 is 11.8 Å². The van der Waals surface area contributed by atoms with Crippen LogP contribution in [-0.4, -0.2) is 55.6 Å². The van der Waals surface area contributed by atoms with Crippen molar-refractivity contribution in [2.24, 2.45) is 0 Å². The van der Waals surface area contributed by atoms with E-state index in [4.69, 9.17) is 4.74 Å². The van der Waals surface area contributed by atoms with Gasteiger partial charge in [0, 0.05) is 25.0 Å². The third-order valence-electron chi connectivity index (χ3n) is 4.61. The second-order valence-electron chi connectivity index (χ2n) is 6.82. The first-order valence-corrected chi connectivity index (χ1v) is 12.1. The molecule has 0 unspecified atom stereocenters. The minimum Gasteiger partial charge on any atom is -0.497 e. The number of urea groups is 1. The maximum Gasteiger partial charge on any atom is 0.325 e. The summed E-state index contributed by atoms with van der Waals surface area (Å²) < 4.78 is 31.8. The number of hydrogen-bond acceptors (Lipinski definition) is 7. The van der Waals surface area contributed by atoms with Crippen molar-refractivity contribution in [1.82, 2.24) is 14.6 Å². The second-order valence-corrected chi connectivity index (χ2v) is 9.75. The Balaban J connectivity index is 1.47. The first-order chi connectivity index (χ1) is 14.9. The lowest BCUT2D eigenvalue weighted by molar-refractivity contribution is -0.117. The van der Waals surface area contributed by atoms with E-state index in [1.54, 1.807) is 37.4 Å². The van der Waals surface area contributed by atoms with E-state index in [1.165, 1.54) is 16.6 Å². The quantitative estimate of drug-likeness (QED) is 0.605. The van der Waals surface area contributed by atoms with Crippen molar-refractivity contribution in [2.45, 2.75) is 29.2 Å². The fourth-order valence-electron chi connectivity index (χ4n) is 3.00. The second kappa shape index (κ2) is 10.6. The molecule has 2 N–H and O–H groups in total. The molecule has 2 heterocycles. The SMILES string of the molecule is COc1ccc(NC(=O)NC(=O)CSc2ccc(S(=O)(=O)N3CCCCC3)cn2)cc1. The van der Waals surface area contributed by atoms with E-state index in [1.807, 2.05) is 0 Å². The predicted octanol–water partition coefficient (Wildman–Crippen LogP) is 2.71. The molecule has 0 radical (unpaired) electrons. The molecule has 3 amide bonds. The number of hydrogen-bond donors (Lipinski definition) is 2. The van der Waals surface area contributed by atoms with Crippen LogP contribution in [0, 0.1) is 0 Å². The molecule has 0 bridgehead atoms. The van der Waals surface area contributed by atoms with E-state index < -0.39 is 22.0 Å². The van der Waals surface area contributed by atoms with Crippen LogP contribution in [0.1, 0.15) is 19.3 Å². The Labute approximate surface area is 185 Å². The number of aromatic nitrogens is 1. The van der Waals surface area contributed by atoms with Gasteiger partial charge < -0.3 is 10.1 Å². The van der Waals surface area contributed by atoms with Crippen molar-refractivity contribution in [3.63, 3.8) is 0 Å². The summed E-state index contributed by atoms with van der Waals surface area (Å²) in [6.07, 6.45) is 4.07. The van der Waals surface area contributed by atoms with Crippen molar-refractivity contribution >= 4 is 39.4 Å². The van der Waals surface area contributed by atoms with Gasteiger partial charge in [-0.3, -0.25) is 10.1 Å². The molecule has 0 saturated carbocycles. The van der Waals surface area contributed by atoms with Gasteiger partial charge in [0.2, 0.25) is 15.9 Å². The maximum absolute atomic E-state index is 12.6. The Hall–Kier alpha value is -2.63. The number of pyridine rings is 1. The summed E-state index contributed by atoms with van der Waals surface area (Å²) >= 11 is 1.11. The van der Waals surface area contributed by atoms with Gasteiger partial charge in [-0.1, -0.05) is 18.2 Å². The van der Waals surface area contributed by atoms with E-state index in [0.717, 1.165) is 31.0 Å². The largest absolute Gasteiger partial charge is 0.497 e. The van der Waals surface area contributed by atoms with Crippen molar-refractivity contribution in [1.29, 1.82) is 0 Å². The molecule has 3 rings (SSSR count). The van der Waals surface area contributed by atoms with E-state index in [0.29, 0.717) is 29.6 Å². The van der Waals surface area contributed by atoms with E-state index >= 15 is 0 Å². The van der Waals surface area contributed by atoms with Crippen LogP contribution in [0.5, 0.6) is 5.75 Å². The summed E-state index contributed by atoms with van der Waals surface area (Å²) in [7, 11) is -2.00. The Morgan fingerprint density at radius 2 is 1.81 bits per heavy atom. The maximum atomic E-state index is 12.6. The van der Waals surface area contributed by atoms with E-state index in [2.05, 4.69) is 15.6 Å². The number of amides is 3. The minimum absolute atomic E-state index is 0.0404. The molecule has 9 nitrogen and oxygen atoms in total. The number of sulfonamides is 1. The van der Waals surface area contributed by atoms with Gasteiger partial charge in [-0.2, -0.15) is 4.31 Å². The zero-order chi connectivity index (χ0) is 22.3. The van der Waals surface area contributed by atoms with Crippen LogP contribution in [0.3, 0.4) is 0 Å². The number of rotatable bonds is 7. The molecule has 0 spiro atoms. The lowest BCUT2D eigenvalue weighted by Crippen LogP contribution is -2.35. The van der Waals surface area contributed by atoms with Crippen LogP contribution < -0.4 is 15.4 Å². The summed E-state index contributed by atoms with van der Waals surface area (Å²) in [6.45, 7) is 1.05. The Morgan fingerprint density at radius 3 is 2.42 bits per heavy atom. The first kappa shape index (κ1) is 23.0. The summed E-state index contributed by atoms with van der Waals surface area (Å²) in [6, 6.07) is 9.09. The van der Waals surface area contributed by atoms with Gasteiger partial charge in [-0.05, 0) is 49.2 Å². The number of carbonyl (C=O) groups excluding carboxylic acids is 2. The van der Waals surface area contributed by atoms with E-state index in [-0.39, 0.29) is 10.6 Å². The lowest BCUT2D eigenvalue weighted by atomic mass is 10.2. The topological polar surface area (TPSA) is 118 Å². The minimum atomic E-state index is -3.54. The highest BCUT2D eigenvalue weighted by molar-refractivity contribution is 7.99. The third kappa shape index (κ3) is 6.42. The molecule has 1 aromatic heterocycles. The highest BCUT2D eigenvalue weighted by atomic mass is 32.2. The van der Waals surface area contributed by atoms with Gasteiger partial charge in [-0.15, -0.1) is 0 Å². The number of anilines is 1. The number of nitrogens with one attached hydrogen (secondary N) is 2.